The molecule has 0 aromatic carbocycles. The lowest BCUT2D eigenvalue weighted by Gasteiger charge is -2.04. The first-order valence-electron chi connectivity index (χ1n) is 4.53. The van der Waals surface area contributed by atoms with E-state index in [1.54, 1.807) is 17.5 Å². The number of aromatic nitrogens is 1. The number of pyridine rings is 1. The maximum atomic E-state index is 5.58. The van der Waals surface area contributed by atoms with Crippen LogP contribution in [0.4, 0.5) is 0 Å². The summed E-state index contributed by atoms with van der Waals surface area (Å²) >= 11 is 5.03. The van der Waals surface area contributed by atoms with Gasteiger partial charge in [0.1, 0.15) is 12.4 Å². The van der Waals surface area contributed by atoms with Crippen LogP contribution in [0.2, 0.25) is 0 Å². The summed E-state index contributed by atoms with van der Waals surface area (Å²) < 4.78 is 5.58. The summed E-state index contributed by atoms with van der Waals surface area (Å²) in [5.41, 5.74) is 2.21. The molecule has 0 spiro atoms. The molecule has 2 heterocycles. The molecule has 0 unspecified atom stereocenters. The molecule has 0 amide bonds. The second kappa shape index (κ2) is 5.28. The van der Waals surface area contributed by atoms with Crippen molar-refractivity contribution in [1.29, 1.82) is 0 Å². The highest BCUT2D eigenvalue weighted by molar-refractivity contribution is 9.08. The first-order chi connectivity index (χ1) is 7.38. The average molecular weight is 284 g/mol. The zero-order chi connectivity index (χ0) is 10.5. The lowest BCUT2D eigenvalue weighted by Crippen LogP contribution is -1.94. The number of rotatable bonds is 4. The van der Waals surface area contributed by atoms with Crippen molar-refractivity contribution in [2.45, 2.75) is 11.9 Å². The van der Waals surface area contributed by atoms with Crippen LogP contribution in [0.5, 0.6) is 5.75 Å². The molecule has 0 fully saturated rings. The standard InChI is InChI=1S/C11H10BrNOS/c12-5-10-1-2-11(6-13-10)14-7-9-3-4-15-8-9/h1-4,6,8H,5,7H2. The van der Waals surface area contributed by atoms with Gasteiger partial charge in [-0.3, -0.25) is 4.98 Å². The minimum Gasteiger partial charge on any atom is -0.487 e. The Hall–Kier alpha value is -0.870. The number of hydrogen-bond donors (Lipinski definition) is 0. The van der Waals surface area contributed by atoms with E-state index in [1.807, 2.05) is 17.5 Å². The van der Waals surface area contributed by atoms with Crippen molar-refractivity contribution < 1.29 is 4.74 Å². The molecule has 0 bridgehead atoms. The van der Waals surface area contributed by atoms with Gasteiger partial charge in [-0.05, 0) is 34.5 Å². The van der Waals surface area contributed by atoms with Crippen molar-refractivity contribution in [3.63, 3.8) is 0 Å². The van der Waals surface area contributed by atoms with Crippen LogP contribution in [0.3, 0.4) is 0 Å². The number of thiophene rings is 1. The number of nitrogens with zero attached hydrogens (tertiary/aromatic N) is 1. The molecule has 2 aromatic heterocycles. The summed E-state index contributed by atoms with van der Waals surface area (Å²) in [5, 5.41) is 4.91. The number of hydrogen-bond acceptors (Lipinski definition) is 3. The molecule has 0 aliphatic carbocycles. The van der Waals surface area contributed by atoms with Crippen molar-refractivity contribution in [1.82, 2.24) is 4.98 Å². The predicted octanol–water partition coefficient (Wildman–Crippen LogP) is 3.62. The third-order valence-corrected chi connectivity index (χ3v) is 3.23. The van der Waals surface area contributed by atoms with E-state index in [4.69, 9.17) is 4.74 Å². The summed E-state index contributed by atoms with van der Waals surface area (Å²) in [5.74, 6) is 0.811. The van der Waals surface area contributed by atoms with Crippen LogP contribution in [0.1, 0.15) is 11.3 Å². The van der Waals surface area contributed by atoms with Gasteiger partial charge in [-0.1, -0.05) is 15.9 Å². The largest absolute Gasteiger partial charge is 0.487 e. The summed E-state index contributed by atoms with van der Waals surface area (Å²) in [7, 11) is 0. The second-order valence-electron chi connectivity index (χ2n) is 3.04. The van der Waals surface area contributed by atoms with Crippen molar-refractivity contribution in [2.24, 2.45) is 0 Å². The van der Waals surface area contributed by atoms with Gasteiger partial charge in [0.25, 0.3) is 0 Å². The molecular formula is C11H10BrNOS. The molecule has 15 heavy (non-hydrogen) atoms. The number of alkyl halides is 1. The maximum absolute atomic E-state index is 5.58. The van der Waals surface area contributed by atoms with E-state index in [2.05, 4.69) is 32.4 Å². The Kier molecular flexibility index (Phi) is 3.75. The van der Waals surface area contributed by atoms with Gasteiger partial charge >= 0.3 is 0 Å². The molecular weight excluding hydrogens is 274 g/mol. The summed E-state index contributed by atoms with van der Waals surface area (Å²) in [6.45, 7) is 0.610. The highest BCUT2D eigenvalue weighted by atomic mass is 79.9. The van der Waals surface area contributed by atoms with Gasteiger partial charge in [0, 0.05) is 5.33 Å². The van der Waals surface area contributed by atoms with Gasteiger partial charge < -0.3 is 4.74 Å². The quantitative estimate of drug-likeness (QED) is 0.800. The highest BCUT2D eigenvalue weighted by Crippen LogP contribution is 2.14. The first-order valence-corrected chi connectivity index (χ1v) is 6.59. The molecule has 2 aromatic rings. The average Bonchev–Trinajstić information content (AvgIpc) is 2.80. The topological polar surface area (TPSA) is 22.1 Å². The fourth-order valence-corrected chi connectivity index (χ4v) is 2.10. The summed E-state index contributed by atoms with van der Waals surface area (Å²) in [6.07, 6.45) is 1.75. The zero-order valence-electron chi connectivity index (χ0n) is 8.02. The molecule has 78 valence electrons. The van der Waals surface area contributed by atoms with Gasteiger partial charge in [-0.15, -0.1) is 0 Å². The summed E-state index contributed by atoms with van der Waals surface area (Å²) in [4.78, 5) is 4.23. The van der Waals surface area contributed by atoms with Gasteiger partial charge in [0.2, 0.25) is 0 Å². The van der Waals surface area contributed by atoms with Gasteiger partial charge in [0.15, 0.2) is 0 Å². The Balaban J connectivity index is 1.93. The van der Waals surface area contributed by atoms with Crippen LogP contribution in [-0.2, 0) is 11.9 Å². The van der Waals surface area contributed by atoms with Gasteiger partial charge in [0.05, 0.1) is 11.9 Å². The summed E-state index contributed by atoms with van der Waals surface area (Å²) in [6, 6.07) is 5.96. The van der Waals surface area contributed by atoms with Crippen molar-refractivity contribution in [2.75, 3.05) is 0 Å². The van der Waals surface area contributed by atoms with Crippen LogP contribution in [0.15, 0.2) is 35.2 Å². The molecule has 0 atom stereocenters. The normalized spacial score (nSPS) is 10.2. The van der Waals surface area contributed by atoms with Crippen LogP contribution in [-0.4, -0.2) is 4.98 Å². The second-order valence-corrected chi connectivity index (χ2v) is 4.38. The predicted molar refractivity (Wildman–Crippen MR) is 65.5 cm³/mol. The molecule has 0 N–H and O–H groups in total. The molecule has 2 rings (SSSR count). The molecule has 0 saturated heterocycles. The third-order valence-electron chi connectivity index (χ3n) is 1.92. The Morgan fingerprint density at radius 2 is 2.27 bits per heavy atom. The van der Waals surface area contributed by atoms with Crippen molar-refractivity contribution in [3.8, 4) is 5.75 Å². The maximum Gasteiger partial charge on any atom is 0.138 e. The van der Waals surface area contributed by atoms with Crippen LogP contribution >= 0.6 is 27.3 Å². The fourth-order valence-electron chi connectivity index (χ4n) is 1.12. The lowest BCUT2D eigenvalue weighted by molar-refractivity contribution is 0.305. The van der Waals surface area contributed by atoms with E-state index in [0.29, 0.717) is 6.61 Å². The molecule has 0 saturated carbocycles. The lowest BCUT2D eigenvalue weighted by atomic mass is 10.3. The minimum absolute atomic E-state index is 0.610. The molecule has 0 aliphatic heterocycles. The number of halogens is 1. The monoisotopic (exact) mass is 283 g/mol. The van der Waals surface area contributed by atoms with E-state index < -0.39 is 0 Å². The van der Waals surface area contributed by atoms with Crippen LogP contribution in [0.25, 0.3) is 0 Å². The molecule has 0 radical (unpaired) electrons. The van der Waals surface area contributed by atoms with E-state index in [-0.39, 0.29) is 0 Å². The molecule has 2 nitrogen and oxygen atoms in total. The van der Waals surface area contributed by atoms with E-state index >= 15 is 0 Å². The Morgan fingerprint density at radius 1 is 1.33 bits per heavy atom. The van der Waals surface area contributed by atoms with Crippen LogP contribution < -0.4 is 4.74 Å². The molecule has 0 aliphatic rings. The zero-order valence-corrected chi connectivity index (χ0v) is 10.4. The first kappa shape index (κ1) is 10.6. The SMILES string of the molecule is BrCc1ccc(OCc2ccsc2)cn1. The Morgan fingerprint density at radius 3 is 2.87 bits per heavy atom. The Bertz CT molecular complexity index is 399. The number of ether oxygens (including phenoxy) is 1. The van der Waals surface area contributed by atoms with Crippen molar-refractivity contribution in [3.05, 3.63) is 46.4 Å². The molecule has 4 heteroatoms. The minimum atomic E-state index is 0.610. The van der Waals surface area contributed by atoms with Gasteiger partial charge in [-0.25, -0.2) is 0 Å². The van der Waals surface area contributed by atoms with E-state index in [1.165, 1.54) is 5.56 Å². The van der Waals surface area contributed by atoms with Gasteiger partial charge in [-0.2, -0.15) is 11.3 Å². The van der Waals surface area contributed by atoms with Crippen LogP contribution in [0, 0.1) is 0 Å². The van der Waals surface area contributed by atoms with E-state index in [0.717, 1.165) is 16.8 Å². The van der Waals surface area contributed by atoms with E-state index in [9.17, 15) is 0 Å². The highest BCUT2D eigenvalue weighted by Gasteiger charge is 1.97. The smallest absolute Gasteiger partial charge is 0.138 e. The Labute approximate surface area is 101 Å². The third kappa shape index (κ3) is 3.04. The fraction of sp³-hybridized carbons (Fsp3) is 0.182. The van der Waals surface area contributed by atoms with Crippen molar-refractivity contribution >= 4 is 27.3 Å².